The lowest BCUT2D eigenvalue weighted by Crippen LogP contribution is -2.49. The number of nitrogens with one attached hydrogen (secondary N) is 1. The number of hydrogen-bond acceptors (Lipinski definition) is 7. The number of para-hydroxylation sites is 1. The summed E-state index contributed by atoms with van der Waals surface area (Å²) in [5.74, 6) is -1.01. The summed E-state index contributed by atoms with van der Waals surface area (Å²) in [6, 6.07) is 5.96. The summed E-state index contributed by atoms with van der Waals surface area (Å²) in [6.07, 6.45) is 4.64. The van der Waals surface area contributed by atoms with E-state index in [0.717, 1.165) is 62.9 Å². The summed E-state index contributed by atoms with van der Waals surface area (Å²) in [4.78, 5) is 40.5. The smallest absolute Gasteiger partial charge is 0.410 e. The summed E-state index contributed by atoms with van der Waals surface area (Å²) in [5.41, 5.74) is 2.08. The number of carbonyl (C=O) groups is 3. The van der Waals surface area contributed by atoms with Crippen LogP contribution in [-0.4, -0.2) is 59.7 Å². The number of hydrogen-bond donors (Lipinski definition) is 1. The number of anilines is 1. The molecule has 5 rings (SSSR count). The van der Waals surface area contributed by atoms with Gasteiger partial charge in [0.1, 0.15) is 11.3 Å². The van der Waals surface area contributed by atoms with Crippen molar-refractivity contribution in [3.05, 3.63) is 23.9 Å². The molecular formula is C26H34N4O5. The zero-order valence-electron chi connectivity index (χ0n) is 20.8. The highest BCUT2D eigenvalue weighted by Crippen LogP contribution is 2.44. The van der Waals surface area contributed by atoms with Gasteiger partial charge in [0, 0.05) is 38.0 Å². The highest BCUT2D eigenvalue weighted by Gasteiger charge is 2.40. The molecule has 0 bridgehead atoms. The van der Waals surface area contributed by atoms with Crippen LogP contribution >= 0.6 is 0 Å². The van der Waals surface area contributed by atoms with E-state index in [-0.39, 0.29) is 23.3 Å². The van der Waals surface area contributed by atoms with E-state index in [9.17, 15) is 14.4 Å². The van der Waals surface area contributed by atoms with Gasteiger partial charge in [-0.25, -0.2) is 4.79 Å². The van der Waals surface area contributed by atoms with Crippen LogP contribution in [0.25, 0.3) is 11.0 Å². The zero-order valence-corrected chi connectivity index (χ0v) is 20.8. The largest absolute Gasteiger partial charge is 0.444 e. The fraction of sp³-hybridized carbons (Fsp3) is 0.615. The van der Waals surface area contributed by atoms with Gasteiger partial charge in [-0.3, -0.25) is 14.9 Å². The molecule has 1 spiro atoms. The molecule has 1 atom stereocenters. The van der Waals surface area contributed by atoms with Crippen LogP contribution in [-0.2, 0) is 14.3 Å². The van der Waals surface area contributed by atoms with Gasteiger partial charge in [-0.1, -0.05) is 11.2 Å². The Hall–Kier alpha value is -3.10. The highest BCUT2D eigenvalue weighted by molar-refractivity contribution is 6.03. The molecule has 9 nitrogen and oxygen atoms in total. The molecule has 1 unspecified atom stereocenters. The van der Waals surface area contributed by atoms with Crippen molar-refractivity contribution in [2.75, 3.05) is 31.1 Å². The van der Waals surface area contributed by atoms with E-state index in [1.165, 1.54) is 0 Å². The number of nitrogens with zero attached hydrogens (tertiary/aromatic N) is 3. The van der Waals surface area contributed by atoms with E-state index in [1.807, 2.05) is 43.9 Å². The van der Waals surface area contributed by atoms with Gasteiger partial charge in [0.05, 0.1) is 11.6 Å². The van der Waals surface area contributed by atoms with Crippen LogP contribution in [0.4, 0.5) is 10.5 Å². The maximum absolute atomic E-state index is 12.4. The molecular weight excluding hydrogens is 448 g/mol. The third kappa shape index (κ3) is 4.73. The van der Waals surface area contributed by atoms with Crippen molar-refractivity contribution >= 4 is 34.6 Å². The van der Waals surface area contributed by atoms with Gasteiger partial charge >= 0.3 is 6.09 Å². The van der Waals surface area contributed by atoms with Gasteiger partial charge in [-0.15, -0.1) is 0 Å². The van der Waals surface area contributed by atoms with Gasteiger partial charge in [0.15, 0.2) is 5.58 Å². The van der Waals surface area contributed by atoms with E-state index in [0.29, 0.717) is 24.1 Å². The fourth-order valence-corrected chi connectivity index (χ4v) is 5.63. The first kappa shape index (κ1) is 23.6. The number of aromatic nitrogens is 1. The molecule has 1 aromatic carbocycles. The van der Waals surface area contributed by atoms with E-state index in [1.54, 1.807) is 0 Å². The van der Waals surface area contributed by atoms with Gasteiger partial charge in [0.25, 0.3) is 0 Å². The normalized spacial score (nSPS) is 23.0. The number of carbonyl (C=O) groups excluding carboxylic acids is 3. The summed E-state index contributed by atoms with van der Waals surface area (Å²) < 4.78 is 11.3. The Labute approximate surface area is 205 Å². The quantitative estimate of drug-likeness (QED) is 0.646. The molecule has 3 aliphatic heterocycles. The molecule has 0 aliphatic carbocycles. The van der Waals surface area contributed by atoms with Crippen LogP contribution in [0.1, 0.15) is 70.9 Å². The number of imide groups is 1. The minimum Gasteiger partial charge on any atom is -0.444 e. The highest BCUT2D eigenvalue weighted by atomic mass is 16.6. The summed E-state index contributed by atoms with van der Waals surface area (Å²) in [7, 11) is 0. The first-order valence-electron chi connectivity index (χ1n) is 12.6. The molecule has 1 N–H and O–H groups in total. The zero-order chi connectivity index (χ0) is 24.8. The Morgan fingerprint density at radius 1 is 1.11 bits per heavy atom. The van der Waals surface area contributed by atoms with Gasteiger partial charge < -0.3 is 19.1 Å². The van der Waals surface area contributed by atoms with E-state index in [4.69, 9.17) is 9.26 Å². The molecule has 188 valence electrons. The minimum absolute atomic E-state index is 0.214. The molecule has 4 heterocycles. The first-order valence-corrected chi connectivity index (χ1v) is 12.6. The number of benzene rings is 1. The standard InChI is InChI=1S/C26H34N4O5/c1-25(2,3)34-24(33)30-15-11-26(12-16-30)9-13-29(14-10-26)19-6-4-5-17-21(28-35-22(17)19)18-7-8-20(31)27-23(18)32/h4-6,18H,7-16H2,1-3H3,(H,27,31,32). The third-order valence-electron chi connectivity index (χ3n) is 7.72. The van der Waals surface area contributed by atoms with Crippen LogP contribution < -0.4 is 10.2 Å². The summed E-state index contributed by atoms with van der Waals surface area (Å²) in [6.45, 7) is 8.97. The van der Waals surface area contributed by atoms with E-state index in [2.05, 4.69) is 15.4 Å². The van der Waals surface area contributed by atoms with Crippen molar-refractivity contribution in [1.29, 1.82) is 0 Å². The molecule has 2 aromatic rings. The average molecular weight is 483 g/mol. The van der Waals surface area contributed by atoms with Gasteiger partial charge in [0.2, 0.25) is 11.8 Å². The Morgan fingerprint density at radius 2 is 1.80 bits per heavy atom. The summed E-state index contributed by atoms with van der Waals surface area (Å²) >= 11 is 0. The Bertz CT molecular complexity index is 1130. The van der Waals surface area contributed by atoms with Crippen LogP contribution in [0.2, 0.25) is 0 Å². The van der Waals surface area contributed by atoms with Crippen molar-refractivity contribution in [3.8, 4) is 0 Å². The third-order valence-corrected chi connectivity index (χ3v) is 7.72. The van der Waals surface area contributed by atoms with E-state index >= 15 is 0 Å². The van der Waals surface area contributed by atoms with Crippen molar-refractivity contribution in [1.82, 2.24) is 15.4 Å². The second kappa shape index (κ2) is 8.84. The molecule has 0 radical (unpaired) electrons. The number of likely N-dealkylation sites (tertiary alicyclic amines) is 1. The SMILES string of the molecule is CC(C)(C)OC(=O)N1CCC2(CC1)CCN(c1cccc3c(C4CCC(=O)NC4=O)noc13)CC2. The second-order valence-electron chi connectivity index (χ2n) is 11.2. The monoisotopic (exact) mass is 482 g/mol. The fourth-order valence-electron chi connectivity index (χ4n) is 5.63. The molecule has 35 heavy (non-hydrogen) atoms. The van der Waals surface area contributed by atoms with Crippen LogP contribution in [0, 0.1) is 5.41 Å². The molecule has 3 saturated heterocycles. The van der Waals surface area contributed by atoms with Crippen molar-refractivity contribution < 1.29 is 23.6 Å². The van der Waals surface area contributed by atoms with Crippen LogP contribution in [0.15, 0.2) is 22.7 Å². The number of rotatable bonds is 2. The number of piperidine rings is 3. The first-order chi connectivity index (χ1) is 16.6. The predicted octanol–water partition coefficient (Wildman–Crippen LogP) is 3.97. The predicted molar refractivity (Wildman–Crippen MR) is 130 cm³/mol. The second-order valence-corrected chi connectivity index (χ2v) is 11.2. The average Bonchev–Trinajstić information content (AvgIpc) is 3.23. The minimum atomic E-state index is -0.475. The topological polar surface area (TPSA) is 105 Å². The summed E-state index contributed by atoms with van der Waals surface area (Å²) in [5, 5.41) is 7.51. The Morgan fingerprint density at radius 3 is 2.46 bits per heavy atom. The molecule has 3 fully saturated rings. The van der Waals surface area contributed by atoms with Crippen molar-refractivity contribution in [2.24, 2.45) is 5.41 Å². The molecule has 1 aromatic heterocycles. The number of fused-ring (bicyclic) bond motifs is 1. The lowest BCUT2D eigenvalue weighted by atomic mass is 9.71. The Balaban J connectivity index is 1.25. The molecule has 3 aliphatic rings. The lowest BCUT2D eigenvalue weighted by Gasteiger charge is -2.47. The maximum atomic E-state index is 12.4. The lowest BCUT2D eigenvalue weighted by molar-refractivity contribution is -0.134. The van der Waals surface area contributed by atoms with Crippen LogP contribution in [0.5, 0.6) is 0 Å². The van der Waals surface area contributed by atoms with Crippen molar-refractivity contribution in [3.63, 3.8) is 0 Å². The van der Waals surface area contributed by atoms with Crippen molar-refractivity contribution in [2.45, 2.75) is 70.8 Å². The molecule has 9 heteroatoms. The number of amides is 3. The van der Waals surface area contributed by atoms with Gasteiger partial charge in [-0.05, 0) is 70.4 Å². The Kier molecular flexibility index (Phi) is 5.97. The molecule has 3 amide bonds. The van der Waals surface area contributed by atoms with E-state index < -0.39 is 11.5 Å². The van der Waals surface area contributed by atoms with Crippen LogP contribution in [0.3, 0.4) is 0 Å². The van der Waals surface area contributed by atoms with Gasteiger partial charge in [-0.2, -0.15) is 0 Å². The maximum Gasteiger partial charge on any atom is 0.410 e. The number of ether oxygens (including phenoxy) is 1. The molecule has 0 saturated carbocycles.